The fourth-order valence-corrected chi connectivity index (χ4v) is 7.46. The second-order valence-corrected chi connectivity index (χ2v) is 19.0. The van der Waals surface area contributed by atoms with Crippen LogP contribution in [-0.4, -0.2) is 71.7 Å². The lowest BCUT2D eigenvalue weighted by molar-refractivity contribution is 0.276. The molecule has 3 aromatic heterocycles. The van der Waals surface area contributed by atoms with E-state index in [0.717, 1.165) is 116 Å². The zero-order valence-electron chi connectivity index (χ0n) is 40.1. The summed E-state index contributed by atoms with van der Waals surface area (Å²) < 4.78 is 25.6. The van der Waals surface area contributed by atoms with Crippen molar-refractivity contribution in [3.63, 3.8) is 0 Å². The number of rotatable bonds is 20. The summed E-state index contributed by atoms with van der Waals surface area (Å²) >= 11 is 0. The van der Waals surface area contributed by atoms with Gasteiger partial charge in [0.25, 0.3) is 0 Å². The minimum absolute atomic E-state index is 0.522. The van der Waals surface area contributed by atoms with E-state index in [9.17, 15) is 0 Å². The lowest BCUT2D eigenvalue weighted by Gasteiger charge is -2.14. The van der Waals surface area contributed by atoms with Crippen LogP contribution in [0.2, 0.25) is 0 Å². The molecule has 0 spiro atoms. The normalized spacial score (nSPS) is 12.4. The third-order valence-electron chi connectivity index (χ3n) is 11.2. The minimum Gasteiger partial charge on any atom is -0.493 e. The number of fused-ring (bicyclic) bond motifs is 8. The number of hydrogen-bond donors (Lipinski definition) is 2. The van der Waals surface area contributed by atoms with E-state index >= 15 is 0 Å². The molecule has 5 heterocycles. The molecule has 65 heavy (non-hydrogen) atoms. The summed E-state index contributed by atoms with van der Waals surface area (Å²) in [7, 11) is 3.93. The first-order chi connectivity index (χ1) is 31.3. The SMILES string of the molecule is CC(C)CCOc1cc(OCCC(C)C)cc(-c2c3nc(c(N=CN(C)C)c4ccc([nH]4)c(-c4cc(OCCC(C)C)cc(OCCC(C)C)c4)c4nc(cc5ccc2[nH]5)C=C4)C=C3)c1. The first kappa shape index (κ1) is 46.7. The van der Waals surface area contributed by atoms with Crippen molar-refractivity contribution in [2.24, 2.45) is 28.7 Å². The van der Waals surface area contributed by atoms with Crippen molar-refractivity contribution in [2.45, 2.75) is 81.1 Å². The van der Waals surface area contributed by atoms with Gasteiger partial charge in [0.1, 0.15) is 28.7 Å². The van der Waals surface area contributed by atoms with E-state index in [1.54, 1.807) is 0 Å². The van der Waals surface area contributed by atoms with Gasteiger partial charge in [-0.1, -0.05) is 55.4 Å². The van der Waals surface area contributed by atoms with Crippen LogP contribution in [0.25, 0.3) is 68.6 Å². The van der Waals surface area contributed by atoms with Crippen LogP contribution in [0.4, 0.5) is 5.69 Å². The van der Waals surface area contributed by atoms with Gasteiger partial charge in [0.05, 0.1) is 61.1 Å². The molecular formula is C55H68N6O4. The van der Waals surface area contributed by atoms with E-state index in [4.69, 9.17) is 33.9 Å². The van der Waals surface area contributed by atoms with E-state index in [0.29, 0.717) is 55.8 Å². The zero-order valence-corrected chi connectivity index (χ0v) is 40.1. The van der Waals surface area contributed by atoms with Crippen molar-refractivity contribution in [1.29, 1.82) is 0 Å². The number of nitrogens with one attached hydrogen (secondary N) is 2. The van der Waals surface area contributed by atoms with E-state index in [2.05, 4.69) is 138 Å². The Balaban J connectivity index is 1.47. The number of aromatic nitrogens is 4. The van der Waals surface area contributed by atoms with Crippen LogP contribution >= 0.6 is 0 Å². The molecule has 0 radical (unpaired) electrons. The van der Waals surface area contributed by atoms with Crippen LogP contribution in [-0.2, 0) is 0 Å². The van der Waals surface area contributed by atoms with Crippen LogP contribution in [0.1, 0.15) is 104 Å². The maximum absolute atomic E-state index is 6.40. The highest BCUT2D eigenvalue weighted by atomic mass is 16.5. The van der Waals surface area contributed by atoms with Gasteiger partial charge in [-0.2, -0.15) is 0 Å². The van der Waals surface area contributed by atoms with E-state index < -0.39 is 0 Å². The summed E-state index contributed by atoms with van der Waals surface area (Å²) in [5.41, 5.74) is 11.1. The van der Waals surface area contributed by atoms with Crippen LogP contribution in [0.3, 0.4) is 0 Å². The maximum Gasteiger partial charge on any atom is 0.123 e. The summed E-state index contributed by atoms with van der Waals surface area (Å²) in [5.74, 6) is 5.13. The van der Waals surface area contributed by atoms with Gasteiger partial charge in [0, 0.05) is 53.9 Å². The van der Waals surface area contributed by atoms with Gasteiger partial charge < -0.3 is 33.8 Å². The molecule has 342 valence electrons. The summed E-state index contributed by atoms with van der Waals surface area (Å²) in [4.78, 5) is 25.1. The number of benzene rings is 2. The van der Waals surface area contributed by atoms with Crippen molar-refractivity contribution in [3.8, 4) is 45.3 Å². The highest BCUT2D eigenvalue weighted by Gasteiger charge is 2.19. The van der Waals surface area contributed by atoms with E-state index in [-0.39, 0.29) is 0 Å². The second-order valence-electron chi connectivity index (χ2n) is 19.0. The zero-order chi connectivity index (χ0) is 46.0. The summed E-state index contributed by atoms with van der Waals surface area (Å²) in [6.07, 6.45) is 13.9. The second kappa shape index (κ2) is 21.6. The predicted molar refractivity (Wildman–Crippen MR) is 271 cm³/mol. The first-order valence-electron chi connectivity index (χ1n) is 23.4. The minimum atomic E-state index is 0.522. The smallest absolute Gasteiger partial charge is 0.123 e. The molecule has 0 unspecified atom stereocenters. The average Bonchev–Trinajstić information content (AvgIpc) is 4.08. The molecule has 10 nitrogen and oxygen atoms in total. The van der Waals surface area contributed by atoms with Crippen molar-refractivity contribution in [1.82, 2.24) is 24.8 Å². The Hall–Kier alpha value is -6.29. The molecule has 0 saturated heterocycles. The Morgan fingerprint density at radius 3 is 1.43 bits per heavy atom. The Morgan fingerprint density at radius 2 is 0.938 bits per heavy atom. The third kappa shape index (κ3) is 12.7. The monoisotopic (exact) mass is 877 g/mol. The molecule has 0 saturated carbocycles. The number of aliphatic imine (C=N–C) groups is 1. The molecule has 0 fully saturated rings. The van der Waals surface area contributed by atoms with Crippen molar-refractivity contribution in [2.75, 3.05) is 40.5 Å². The third-order valence-corrected chi connectivity index (χ3v) is 11.2. The molecule has 0 atom stereocenters. The Kier molecular flexibility index (Phi) is 15.5. The molecule has 2 aliphatic rings. The summed E-state index contributed by atoms with van der Waals surface area (Å²) in [5, 5.41) is 0. The average molecular weight is 877 g/mol. The fraction of sp³-hybridized carbons (Fsp3) is 0.400. The highest BCUT2D eigenvalue weighted by Crippen LogP contribution is 2.39. The molecule has 0 aliphatic carbocycles. The lowest BCUT2D eigenvalue weighted by Crippen LogP contribution is -2.07. The largest absolute Gasteiger partial charge is 0.493 e. The van der Waals surface area contributed by atoms with Crippen molar-refractivity contribution >= 4 is 58.4 Å². The molecule has 10 heteroatoms. The van der Waals surface area contributed by atoms with Gasteiger partial charge in [-0.25, -0.2) is 15.0 Å². The molecule has 8 bridgehead atoms. The molecular weight excluding hydrogens is 809 g/mol. The van der Waals surface area contributed by atoms with Gasteiger partial charge in [-0.05, 0) is 139 Å². The molecule has 2 aliphatic heterocycles. The number of ether oxygens (including phenoxy) is 4. The van der Waals surface area contributed by atoms with Gasteiger partial charge in [-0.15, -0.1) is 0 Å². The van der Waals surface area contributed by atoms with Gasteiger partial charge in [0.2, 0.25) is 0 Å². The molecule has 2 aromatic carbocycles. The molecule has 0 amide bonds. The fourth-order valence-electron chi connectivity index (χ4n) is 7.46. The number of aromatic amines is 2. The lowest BCUT2D eigenvalue weighted by atomic mass is 10.0. The first-order valence-corrected chi connectivity index (χ1v) is 23.4. The highest BCUT2D eigenvalue weighted by molar-refractivity contribution is 5.96. The Bertz CT molecular complexity index is 2540. The quantitative estimate of drug-likeness (QED) is 0.0580. The number of hydrogen-bond acceptors (Lipinski definition) is 7. The topological polar surface area (TPSA) is 110 Å². The van der Waals surface area contributed by atoms with Crippen LogP contribution in [0.15, 0.2) is 71.7 Å². The van der Waals surface area contributed by atoms with E-state index in [1.807, 2.05) is 43.5 Å². The standard InChI is InChI=1S/C55H68N6O4/c1-35(2)19-23-62-43-27-39(28-44(32-43)63-24-20-36(3)4)53-47-13-11-41(57-47)31-42-12-14-48(58-42)54(40-29-45(64-25-21-37(5)6)33-46(30-40)65-26-22-38(7)8)50-16-18-52(60-50)55(56-34-61(9)10)51-17-15-49(53)59-51/h11-18,27-38,57,60H,19-26H2,1-10H3. The van der Waals surface area contributed by atoms with Gasteiger partial charge >= 0.3 is 0 Å². The van der Waals surface area contributed by atoms with Crippen LogP contribution in [0, 0.1) is 23.7 Å². The van der Waals surface area contributed by atoms with Gasteiger partial charge in [0.15, 0.2) is 0 Å². The number of nitrogens with zero attached hydrogens (tertiary/aromatic N) is 4. The molecule has 7 rings (SSSR count). The molecule has 2 N–H and O–H groups in total. The van der Waals surface area contributed by atoms with Crippen LogP contribution in [0.5, 0.6) is 23.0 Å². The van der Waals surface area contributed by atoms with Crippen molar-refractivity contribution in [3.05, 3.63) is 89.5 Å². The summed E-state index contributed by atoms with van der Waals surface area (Å²) in [6.45, 7) is 20.1. The van der Waals surface area contributed by atoms with Crippen LogP contribution < -0.4 is 18.9 Å². The number of H-pyrrole nitrogens is 2. The Labute approximate surface area is 385 Å². The maximum atomic E-state index is 6.40. The Morgan fingerprint density at radius 1 is 0.508 bits per heavy atom. The summed E-state index contributed by atoms with van der Waals surface area (Å²) in [6, 6.07) is 22.9. The van der Waals surface area contributed by atoms with Crippen molar-refractivity contribution < 1.29 is 18.9 Å². The predicted octanol–water partition coefficient (Wildman–Crippen LogP) is 13.9. The molecule has 5 aromatic rings. The van der Waals surface area contributed by atoms with Gasteiger partial charge in [-0.3, -0.25) is 0 Å². The van der Waals surface area contributed by atoms with E-state index in [1.165, 1.54) is 0 Å².